The van der Waals surface area contributed by atoms with Crippen molar-refractivity contribution in [2.45, 2.75) is 19.9 Å². The van der Waals surface area contributed by atoms with Crippen molar-refractivity contribution in [3.8, 4) is 0 Å². The molecule has 0 saturated carbocycles. The fourth-order valence-electron chi connectivity index (χ4n) is 1.62. The minimum atomic E-state index is -0.0510. The first-order valence-corrected chi connectivity index (χ1v) is 5.65. The molecule has 0 radical (unpaired) electrons. The zero-order valence-electron chi connectivity index (χ0n) is 8.78. The number of nitrogens with two attached hydrogens (primary N) is 1. The maximum atomic E-state index is 5.57. The van der Waals surface area contributed by atoms with Crippen LogP contribution in [0.2, 0.25) is 0 Å². The first-order valence-electron chi connectivity index (χ1n) is 4.77. The Balaban J connectivity index is 2.36. The number of thiophene rings is 1. The summed E-state index contributed by atoms with van der Waals surface area (Å²) in [6.45, 7) is 4.10. The largest absolute Gasteiger partial charge is 0.467 e. The molecule has 2 rings (SSSR count). The zero-order valence-corrected chi connectivity index (χ0v) is 9.60. The van der Waals surface area contributed by atoms with E-state index in [0.29, 0.717) is 0 Å². The quantitative estimate of drug-likeness (QED) is 0.619. The van der Waals surface area contributed by atoms with E-state index in [0.717, 1.165) is 16.9 Å². The second-order valence-electron chi connectivity index (χ2n) is 3.56. The average Bonchev–Trinajstić information content (AvgIpc) is 2.79. The molecule has 4 heteroatoms. The lowest BCUT2D eigenvalue weighted by atomic mass is 10.1. The van der Waals surface area contributed by atoms with E-state index in [2.05, 4.69) is 23.8 Å². The predicted molar refractivity (Wildman–Crippen MR) is 61.7 cm³/mol. The molecule has 0 spiro atoms. The summed E-state index contributed by atoms with van der Waals surface area (Å²) < 4.78 is 5.44. The van der Waals surface area contributed by atoms with Crippen molar-refractivity contribution in [3.63, 3.8) is 0 Å². The van der Waals surface area contributed by atoms with Gasteiger partial charge in [-0.15, -0.1) is 11.3 Å². The number of hydrogen-bond acceptors (Lipinski definition) is 4. The highest BCUT2D eigenvalue weighted by molar-refractivity contribution is 7.10. The summed E-state index contributed by atoms with van der Waals surface area (Å²) in [6.07, 6.45) is 1.69. The van der Waals surface area contributed by atoms with Gasteiger partial charge in [0, 0.05) is 4.88 Å². The molecule has 1 unspecified atom stereocenters. The maximum absolute atomic E-state index is 5.57. The van der Waals surface area contributed by atoms with Gasteiger partial charge in [0.1, 0.15) is 11.8 Å². The molecule has 0 aliphatic rings. The lowest BCUT2D eigenvalue weighted by molar-refractivity contribution is 0.450. The molecule has 1 atom stereocenters. The summed E-state index contributed by atoms with van der Waals surface area (Å²) in [5, 5.41) is 2.10. The van der Waals surface area contributed by atoms with Crippen LogP contribution >= 0.6 is 11.3 Å². The first-order chi connectivity index (χ1) is 7.22. The predicted octanol–water partition coefficient (Wildman–Crippen LogP) is 2.51. The van der Waals surface area contributed by atoms with Gasteiger partial charge in [-0.1, -0.05) is 0 Å². The molecule has 2 heterocycles. The molecule has 2 aromatic heterocycles. The second kappa shape index (κ2) is 4.18. The highest BCUT2D eigenvalue weighted by atomic mass is 32.1. The van der Waals surface area contributed by atoms with Crippen LogP contribution in [0.15, 0.2) is 28.2 Å². The van der Waals surface area contributed by atoms with Crippen molar-refractivity contribution in [1.82, 2.24) is 5.43 Å². The molecule has 3 nitrogen and oxygen atoms in total. The van der Waals surface area contributed by atoms with E-state index in [4.69, 9.17) is 10.3 Å². The van der Waals surface area contributed by atoms with Gasteiger partial charge in [0.2, 0.25) is 0 Å². The molecule has 2 aromatic rings. The van der Waals surface area contributed by atoms with E-state index in [1.807, 2.05) is 13.0 Å². The molecular formula is C11H14N2OS. The van der Waals surface area contributed by atoms with Crippen LogP contribution in [-0.2, 0) is 0 Å². The van der Waals surface area contributed by atoms with E-state index in [1.54, 1.807) is 17.6 Å². The summed E-state index contributed by atoms with van der Waals surface area (Å²) in [7, 11) is 0. The summed E-state index contributed by atoms with van der Waals surface area (Å²) in [6, 6.07) is 4.01. The van der Waals surface area contributed by atoms with Crippen molar-refractivity contribution in [2.24, 2.45) is 5.84 Å². The van der Waals surface area contributed by atoms with Gasteiger partial charge in [-0.2, -0.15) is 0 Å². The Morgan fingerprint density at radius 1 is 1.47 bits per heavy atom. The minimum Gasteiger partial charge on any atom is -0.467 e. The molecule has 80 valence electrons. The zero-order chi connectivity index (χ0) is 10.8. The summed E-state index contributed by atoms with van der Waals surface area (Å²) in [4.78, 5) is 1.27. The minimum absolute atomic E-state index is 0.0510. The monoisotopic (exact) mass is 222 g/mol. The average molecular weight is 222 g/mol. The van der Waals surface area contributed by atoms with Gasteiger partial charge < -0.3 is 4.42 Å². The number of rotatable bonds is 3. The molecule has 0 amide bonds. The highest BCUT2D eigenvalue weighted by Crippen LogP contribution is 2.28. The number of aryl methyl sites for hydroxylation is 2. The Hall–Kier alpha value is -1.10. The summed E-state index contributed by atoms with van der Waals surface area (Å²) in [5.74, 6) is 6.45. The highest BCUT2D eigenvalue weighted by Gasteiger charge is 2.18. The third-order valence-electron chi connectivity index (χ3n) is 2.41. The molecule has 15 heavy (non-hydrogen) atoms. The van der Waals surface area contributed by atoms with Gasteiger partial charge in [-0.05, 0) is 42.5 Å². The fraction of sp³-hybridized carbons (Fsp3) is 0.273. The molecule has 0 aromatic carbocycles. The molecule has 3 N–H and O–H groups in total. The third-order valence-corrected chi connectivity index (χ3v) is 3.29. The van der Waals surface area contributed by atoms with E-state index in [1.165, 1.54) is 4.88 Å². The fourth-order valence-corrected chi connectivity index (χ4v) is 2.35. The van der Waals surface area contributed by atoms with Crippen LogP contribution < -0.4 is 11.3 Å². The normalized spacial score (nSPS) is 13.0. The van der Waals surface area contributed by atoms with Crippen LogP contribution in [0.5, 0.6) is 0 Å². The van der Waals surface area contributed by atoms with Crippen molar-refractivity contribution < 1.29 is 4.42 Å². The SMILES string of the molecule is Cc1cc(C(NN)c2occc2C)cs1. The van der Waals surface area contributed by atoms with Crippen LogP contribution in [0, 0.1) is 13.8 Å². The van der Waals surface area contributed by atoms with Crippen molar-refractivity contribution in [1.29, 1.82) is 0 Å². The smallest absolute Gasteiger partial charge is 0.129 e. The Morgan fingerprint density at radius 3 is 2.73 bits per heavy atom. The van der Waals surface area contributed by atoms with Crippen molar-refractivity contribution in [2.75, 3.05) is 0 Å². The molecule has 0 aliphatic carbocycles. The van der Waals surface area contributed by atoms with E-state index >= 15 is 0 Å². The Kier molecular flexibility index (Phi) is 2.90. The number of furan rings is 1. The molecule has 0 fully saturated rings. The van der Waals surface area contributed by atoms with Crippen molar-refractivity contribution >= 4 is 11.3 Å². The lowest BCUT2D eigenvalue weighted by Gasteiger charge is -2.12. The Bertz CT molecular complexity index is 447. The molecular weight excluding hydrogens is 208 g/mol. The Morgan fingerprint density at radius 2 is 2.27 bits per heavy atom. The summed E-state index contributed by atoms with van der Waals surface area (Å²) in [5.41, 5.74) is 5.05. The van der Waals surface area contributed by atoms with Crippen LogP contribution in [0.3, 0.4) is 0 Å². The third kappa shape index (κ3) is 1.97. The number of nitrogens with one attached hydrogen (secondary N) is 1. The van der Waals surface area contributed by atoms with Crippen molar-refractivity contribution in [3.05, 3.63) is 45.5 Å². The van der Waals surface area contributed by atoms with Gasteiger partial charge in [0.05, 0.1) is 6.26 Å². The standard InChI is InChI=1S/C11H14N2OS/c1-7-3-4-14-11(7)10(13-12)9-5-8(2)15-6-9/h3-6,10,13H,12H2,1-2H3. The molecule has 0 bridgehead atoms. The van der Waals surface area contributed by atoms with E-state index < -0.39 is 0 Å². The number of hydrazine groups is 1. The summed E-state index contributed by atoms with van der Waals surface area (Å²) >= 11 is 1.71. The lowest BCUT2D eigenvalue weighted by Crippen LogP contribution is -2.28. The van der Waals surface area contributed by atoms with Gasteiger partial charge in [0.25, 0.3) is 0 Å². The van der Waals surface area contributed by atoms with Crippen LogP contribution in [0.4, 0.5) is 0 Å². The molecule has 0 aliphatic heterocycles. The van der Waals surface area contributed by atoms with E-state index in [-0.39, 0.29) is 6.04 Å². The van der Waals surface area contributed by atoms with Gasteiger partial charge in [0.15, 0.2) is 0 Å². The van der Waals surface area contributed by atoms with E-state index in [9.17, 15) is 0 Å². The van der Waals surface area contributed by atoms with Gasteiger partial charge in [-0.25, -0.2) is 5.43 Å². The number of hydrogen-bond donors (Lipinski definition) is 2. The van der Waals surface area contributed by atoms with Crippen LogP contribution in [0.25, 0.3) is 0 Å². The Labute approximate surface area is 92.9 Å². The second-order valence-corrected chi connectivity index (χ2v) is 4.67. The maximum Gasteiger partial charge on any atom is 0.129 e. The van der Waals surface area contributed by atoms with Gasteiger partial charge in [-0.3, -0.25) is 5.84 Å². The van der Waals surface area contributed by atoms with Gasteiger partial charge >= 0.3 is 0 Å². The van der Waals surface area contributed by atoms with Crippen LogP contribution in [-0.4, -0.2) is 0 Å². The van der Waals surface area contributed by atoms with Crippen LogP contribution in [0.1, 0.15) is 27.8 Å². The first kappa shape index (κ1) is 10.4. The topological polar surface area (TPSA) is 51.2 Å². The molecule has 0 saturated heterocycles.